The van der Waals surface area contributed by atoms with Gasteiger partial charge < -0.3 is 14.1 Å². The van der Waals surface area contributed by atoms with Crippen molar-refractivity contribution in [2.24, 2.45) is 0 Å². The van der Waals surface area contributed by atoms with Gasteiger partial charge in [0.1, 0.15) is 5.76 Å². The van der Waals surface area contributed by atoms with E-state index in [0.29, 0.717) is 12.5 Å². The lowest BCUT2D eigenvalue weighted by molar-refractivity contribution is -0.135. The van der Waals surface area contributed by atoms with Gasteiger partial charge in [-0.15, -0.1) is 0 Å². The number of carbonyl (C=O) groups excluding carboxylic acids is 1. The van der Waals surface area contributed by atoms with Crippen molar-refractivity contribution < 1.29 is 13.9 Å². The standard InChI is InChI=1S/C17H25N3O3/c1-22-13-8-14(17(21)19-6-2-3-7-19)20(10-13)11-16-18-9-15(23-16)12-4-5-12/h9,12-14H,2-8,10-11H2,1H3/t13-,14-/m0/s1. The maximum absolute atomic E-state index is 12.8. The zero-order chi connectivity index (χ0) is 15.8. The third-order valence-corrected chi connectivity index (χ3v) is 5.29. The molecule has 1 aromatic rings. The fourth-order valence-electron chi connectivity index (χ4n) is 3.74. The fourth-order valence-corrected chi connectivity index (χ4v) is 3.74. The van der Waals surface area contributed by atoms with E-state index in [0.717, 1.165) is 50.5 Å². The second-order valence-corrected chi connectivity index (χ2v) is 7.00. The number of oxazole rings is 1. The molecule has 6 heteroatoms. The molecular weight excluding hydrogens is 294 g/mol. The Morgan fingerprint density at radius 3 is 2.87 bits per heavy atom. The van der Waals surface area contributed by atoms with E-state index in [1.54, 1.807) is 7.11 Å². The molecule has 0 radical (unpaired) electrons. The summed E-state index contributed by atoms with van der Waals surface area (Å²) in [6, 6.07) is -0.102. The average molecular weight is 319 g/mol. The normalized spacial score (nSPS) is 28.7. The van der Waals surface area contributed by atoms with Gasteiger partial charge in [-0.25, -0.2) is 4.98 Å². The molecular formula is C17H25N3O3. The molecule has 0 bridgehead atoms. The number of rotatable bonds is 5. The molecule has 1 aliphatic carbocycles. The maximum atomic E-state index is 12.8. The Bertz CT molecular complexity index is 563. The van der Waals surface area contributed by atoms with Gasteiger partial charge in [-0.3, -0.25) is 9.69 Å². The number of likely N-dealkylation sites (tertiary alicyclic amines) is 2. The first-order valence-electron chi connectivity index (χ1n) is 8.75. The molecule has 3 heterocycles. The highest BCUT2D eigenvalue weighted by Crippen LogP contribution is 2.40. The molecule has 1 saturated carbocycles. The van der Waals surface area contributed by atoms with Crippen LogP contribution in [0.4, 0.5) is 0 Å². The largest absolute Gasteiger partial charge is 0.444 e. The Labute approximate surface area is 136 Å². The van der Waals surface area contributed by atoms with Crippen LogP contribution < -0.4 is 0 Å². The number of hydrogen-bond acceptors (Lipinski definition) is 5. The van der Waals surface area contributed by atoms with E-state index >= 15 is 0 Å². The van der Waals surface area contributed by atoms with Gasteiger partial charge in [-0.2, -0.15) is 0 Å². The van der Waals surface area contributed by atoms with Gasteiger partial charge in [0.05, 0.1) is 24.9 Å². The molecule has 1 aromatic heterocycles. The number of methoxy groups -OCH3 is 1. The number of aromatic nitrogens is 1. The summed E-state index contributed by atoms with van der Waals surface area (Å²) < 4.78 is 11.4. The van der Waals surface area contributed by atoms with E-state index in [-0.39, 0.29) is 18.1 Å². The summed E-state index contributed by atoms with van der Waals surface area (Å²) in [5, 5.41) is 0. The van der Waals surface area contributed by atoms with Crippen LogP contribution in [-0.2, 0) is 16.1 Å². The molecule has 23 heavy (non-hydrogen) atoms. The third kappa shape index (κ3) is 3.15. The highest BCUT2D eigenvalue weighted by Gasteiger charge is 2.40. The maximum Gasteiger partial charge on any atom is 0.240 e. The first kappa shape index (κ1) is 15.1. The first-order valence-corrected chi connectivity index (χ1v) is 8.75. The first-order chi connectivity index (χ1) is 11.2. The summed E-state index contributed by atoms with van der Waals surface area (Å²) in [6.07, 6.45) is 7.40. The van der Waals surface area contributed by atoms with Gasteiger partial charge in [0.15, 0.2) is 0 Å². The van der Waals surface area contributed by atoms with Gasteiger partial charge in [0.2, 0.25) is 11.8 Å². The van der Waals surface area contributed by atoms with Crippen molar-refractivity contribution in [1.82, 2.24) is 14.8 Å². The van der Waals surface area contributed by atoms with Crippen molar-refractivity contribution in [2.45, 2.75) is 56.7 Å². The number of amides is 1. The van der Waals surface area contributed by atoms with Gasteiger partial charge >= 0.3 is 0 Å². The van der Waals surface area contributed by atoms with Crippen molar-refractivity contribution in [2.75, 3.05) is 26.7 Å². The quantitative estimate of drug-likeness (QED) is 0.828. The smallest absolute Gasteiger partial charge is 0.240 e. The molecule has 0 unspecified atom stereocenters. The van der Waals surface area contributed by atoms with Gasteiger partial charge in [-0.05, 0) is 32.1 Å². The predicted octanol–water partition coefficient (Wildman–Crippen LogP) is 1.76. The minimum Gasteiger partial charge on any atom is -0.444 e. The summed E-state index contributed by atoms with van der Waals surface area (Å²) in [5.41, 5.74) is 0. The van der Waals surface area contributed by atoms with Crippen LogP contribution in [0.1, 0.15) is 49.7 Å². The molecule has 4 rings (SSSR count). The van der Waals surface area contributed by atoms with E-state index in [4.69, 9.17) is 9.15 Å². The molecule has 3 fully saturated rings. The molecule has 1 amide bonds. The highest BCUT2D eigenvalue weighted by atomic mass is 16.5. The molecule has 0 aromatic carbocycles. The van der Waals surface area contributed by atoms with Crippen LogP contribution in [0.15, 0.2) is 10.6 Å². The lowest BCUT2D eigenvalue weighted by Gasteiger charge is -2.26. The molecule has 3 aliphatic rings. The minimum absolute atomic E-state index is 0.102. The number of nitrogens with zero attached hydrogens (tertiary/aromatic N) is 3. The minimum atomic E-state index is -0.102. The number of ether oxygens (including phenoxy) is 1. The van der Waals surface area contributed by atoms with Crippen molar-refractivity contribution >= 4 is 5.91 Å². The Morgan fingerprint density at radius 1 is 1.39 bits per heavy atom. The second kappa shape index (κ2) is 6.24. The van der Waals surface area contributed by atoms with Gasteiger partial charge in [0, 0.05) is 32.7 Å². The summed E-state index contributed by atoms with van der Waals surface area (Å²) in [5.74, 6) is 2.55. The van der Waals surface area contributed by atoms with E-state index in [9.17, 15) is 4.79 Å². The van der Waals surface area contributed by atoms with E-state index in [1.165, 1.54) is 12.8 Å². The molecule has 6 nitrogen and oxygen atoms in total. The van der Waals surface area contributed by atoms with Crippen LogP contribution in [0, 0.1) is 0 Å². The van der Waals surface area contributed by atoms with Gasteiger partial charge in [-0.1, -0.05) is 0 Å². The van der Waals surface area contributed by atoms with Crippen molar-refractivity contribution in [1.29, 1.82) is 0 Å². The summed E-state index contributed by atoms with van der Waals surface area (Å²) in [7, 11) is 1.72. The van der Waals surface area contributed by atoms with Crippen molar-refractivity contribution in [3.05, 3.63) is 17.8 Å². The Hall–Kier alpha value is -1.40. The predicted molar refractivity (Wildman–Crippen MR) is 83.9 cm³/mol. The molecule has 126 valence electrons. The molecule has 2 aliphatic heterocycles. The van der Waals surface area contributed by atoms with Crippen molar-refractivity contribution in [3.8, 4) is 0 Å². The third-order valence-electron chi connectivity index (χ3n) is 5.29. The van der Waals surface area contributed by atoms with Crippen LogP contribution in [0.25, 0.3) is 0 Å². The van der Waals surface area contributed by atoms with Crippen LogP contribution in [0.2, 0.25) is 0 Å². The Morgan fingerprint density at radius 2 is 2.17 bits per heavy atom. The average Bonchev–Trinajstić information content (AvgIpc) is 2.98. The second-order valence-electron chi connectivity index (χ2n) is 7.00. The molecule has 2 atom stereocenters. The number of hydrogen-bond donors (Lipinski definition) is 0. The molecule has 0 N–H and O–H groups in total. The zero-order valence-corrected chi connectivity index (χ0v) is 13.7. The summed E-state index contributed by atoms with van der Waals surface area (Å²) in [6.45, 7) is 3.15. The monoisotopic (exact) mass is 319 g/mol. The van der Waals surface area contributed by atoms with Crippen LogP contribution in [-0.4, -0.2) is 59.6 Å². The molecule has 2 saturated heterocycles. The van der Waals surface area contributed by atoms with E-state index in [2.05, 4.69) is 9.88 Å². The lowest BCUT2D eigenvalue weighted by Crippen LogP contribution is -2.44. The summed E-state index contributed by atoms with van der Waals surface area (Å²) >= 11 is 0. The van der Waals surface area contributed by atoms with Crippen LogP contribution in [0.5, 0.6) is 0 Å². The fraction of sp³-hybridized carbons (Fsp3) is 0.765. The van der Waals surface area contributed by atoms with E-state index in [1.807, 2.05) is 11.1 Å². The highest BCUT2D eigenvalue weighted by molar-refractivity contribution is 5.82. The van der Waals surface area contributed by atoms with Gasteiger partial charge in [0.25, 0.3) is 0 Å². The number of carbonyl (C=O) groups is 1. The topological polar surface area (TPSA) is 58.8 Å². The van der Waals surface area contributed by atoms with E-state index < -0.39 is 0 Å². The van der Waals surface area contributed by atoms with Crippen LogP contribution in [0.3, 0.4) is 0 Å². The SMILES string of the molecule is CO[C@H]1C[C@@H](C(=O)N2CCCC2)N(Cc2ncc(C3CC3)o2)C1. The Balaban J connectivity index is 1.45. The lowest BCUT2D eigenvalue weighted by atomic mass is 10.1. The summed E-state index contributed by atoms with van der Waals surface area (Å²) in [4.78, 5) is 21.4. The van der Waals surface area contributed by atoms with Crippen molar-refractivity contribution in [3.63, 3.8) is 0 Å². The zero-order valence-electron chi connectivity index (χ0n) is 13.7. The molecule has 0 spiro atoms. The van der Waals surface area contributed by atoms with Crippen LogP contribution >= 0.6 is 0 Å². The Kier molecular flexibility index (Phi) is 4.11.